The fraction of sp³-hybridized carbons (Fsp3) is 0.200. The number of hydrogen-bond acceptors (Lipinski definition) is 6. The number of hydroxylamine groups is 3. The summed E-state index contributed by atoms with van der Waals surface area (Å²) in [5.41, 5.74) is 5.94. The van der Waals surface area contributed by atoms with Gasteiger partial charge in [0.2, 0.25) is 0 Å². The molecule has 1 aromatic carbocycles. The molecule has 0 bridgehead atoms. The van der Waals surface area contributed by atoms with Crippen LogP contribution in [0.15, 0.2) is 53.4 Å². The zero-order valence-corrected chi connectivity index (χ0v) is 13.1. The highest BCUT2D eigenvalue weighted by Crippen LogP contribution is 2.29. The molecule has 4 rings (SSSR count). The third kappa shape index (κ3) is 2.61. The van der Waals surface area contributed by atoms with Gasteiger partial charge in [-0.05, 0) is 48.4 Å². The molecule has 0 radical (unpaired) electrons. The molecule has 1 aromatic rings. The van der Waals surface area contributed by atoms with Gasteiger partial charge in [0, 0.05) is 18.4 Å². The number of anilines is 1. The van der Waals surface area contributed by atoms with E-state index in [1.807, 2.05) is 12.1 Å². The number of nitrogens with zero attached hydrogens (tertiary/aromatic N) is 1. The molecule has 3 heterocycles. The molecule has 0 saturated carbocycles. The summed E-state index contributed by atoms with van der Waals surface area (Å²) in [5.74, 6) is 0. The Morgan fingerprint density at radius 3 is 3.09 bits per heavy atom. The summed E-state index contributed by atoms with van der Waals surface area (Å²) >= 11 is 0. The van der Waals surface area contributed by atoms with Crippen LogP contribution in [0, 0.1) is 0 Å². The predicted octanol–water partition coefficient (Wildman–Crippen LogP) is 1.08. The second-order valence-corrected chi connectivity index (χ2v) is 7.10. The van der Waals surface area contributed by atoms with Crippen LogP contribution in [0.4, 0.5) is 5.69 Å². The third-order valence-corrected chi connectivity index (χ3v) is 5.37. The lowest BCUT2D eigenvalue weighted by Crippen LogP contribution is -2.25. The lowest BCUT2D eigenvalue weighted by Gasteiger charge is -2.21. The molecule has 120 valence electrons. The van der Waals surface area contributed by atoms with Crippen molar-refractivity contribution in [3.63, 3.8) is 0 Å². The molecule has 0 aliphatic carbocycles. The third-order valence-electron chi connectivity index (χ3n) is 3.94. The number of sulfonamides is 1. The van der Waals surface area contributed by atoms with Gasteiger partial charge in [-0.2, -0.15) is 4.94 Å². The number of benzene rings is 1. The topological polar surface area (TPSA) is 82.7 Å². The van der Waals surface area contributed by atoms with Gasteiger partial charge in [0.25, 0.3) is 10.0 Å². The van der Waals surface area contributed by atoms with Crippen LogP contribution in [0.25, 0.3) is 0 Å². The van der Waals surface area contributed by atoms with E-state index in [2.05, 4.69) is 15.5 Å². The number of allylic oxidation sites excluding steroid dienone is 2. The summed E-state index contributed by atoms with van der Waals surface area (Å²) in [7, 11) is -3.70. The first-order valence-electron chi connectivity index (χ1n) is 7.30. The first kappa shape index (κ1) is 14.3. The van der Waals surface area contributed by atoms with Crippen molar-refractivity contribution in [1.82, 2.24) is 15.9 Å². The quantitative estimate of drug-likeness (QED) is 0.768. The molecule has 0 atom stereocenters. The van der Waals surface area contributed by atoms with Gasteiger partial charge in [0.05, 0.1) is 6.20 Å². The van der Waals surface area contributed by atoms with Gasteiger partial charge in [-0.1, -0.05) is 6.07 Å². The molecule has 0 aromatic heterocycles. The number of rotatable bonds is 3. The fourth-order valence-electron chi connectivity index (χ4n) is 2.81. The molecule has 23 heavy (non-hydrogen) atoms. The van der Waals surface area contributed by atoms with E-state index in [0.717, 1.165) is 19.5 Å². The zero-order valence-electron chi connectivity index (χ0n) is 12.2. The first-order valence-corrected chi connectivity index (χ1v) is 8.78. The van der Waals surface area contributed by atoms with E-state index in [4.69, 9.17) is 4.94 Å². The van der Waals surface area contributed by atoms with Crippen molar-refractivity contribution < 1.29 is 13.4 Å². The van der Waals surface area contributed by atoms with E-state index >= 15 is 0 Å². The van der Waals surface area contributed by atoms with Crippen LogP contribution in [-0.2, 0) is 27.9 Å². The van der Waals surface area contributed by atoms with E-state index in [-0.39, 0.29) is 4.91 Å². The molecule has 8 heteroatoms. The molecular formula is C15H16N4O3S. The standard InChI is InChI=1S/C15H16N4O3S/c20-23(21,15-2-1-7-19-14(15)10-17-22-19)18-13-4-3-12-9-16-6-5-11(12)8-13/h1-4,7-8,10,16-18H,5-6,9H2. The Labute approximate surface area is 134 Å². The Balaban J connectivity index is 1.63. The lowest BCUT2D eigenvalue weighted by molar-refractivity contribution is -0.112. The highest BCUT2D eigenvalue weighted by atomic mass is 32.2. The van der Waals surface area contributed by atoms with Crippen molar-refractivity contribution in [3.8, 4) is 0 Å². The summed E-state index contributed by atoms with van der Waals surface area (Å²) in [6.45, 7) is 1.73. The Morgan fingerprint density at radius 2 is 2.17 bits per heavy atom. The molecule has 3 N–H and O–H groups in total. The van der Waals surface area contributed by atoms with Crippen molar-refractivity contribution in [2.45, 2.75) is 13.0 Å². The van der Waals surface area contributed by atoms with Crippen LogP contribution in [0.3, 0.4) is 0 Å². The summed E-state index contributed by atoms with van der Waals surface area (Å²) in [6, 6.07) is 5.65. The molecular weight excluding hydrogens is 316 g/mol. The summed E-state index contributed by atoms with van der Waals surface area (Å²) in [4.78, 5) is 5.23. The van der Waals surface area contributed by atoms with Gasteiger partial charge in [0.1, 0.15) is 10.6 Å². The molecule has 0 amide bonds. The van der Waals surface area contributed by atoms with Gasteiger partial charge in [-0.15, -0.1) is 0 Å². The minimum Gasteiger partial charge on any atom is -0.312 e. The predicted molar refractivity (Wildman–Crippen MR) is 85.8 cm³/mol. The van der Waals surface area contributed by atoms with Gasteiger partial charge < -0.3 is 5.32 Å². The second kappa shape index (κ2) is 5.41. The van der Waals surface area contributed by atoms with Crippen molar-refractivity contribution in [2.75, 3.05) is 11.3 Å². The Hall–Kier alpha value is -2.29. The van der Waals surface area contributed by atoms with Crippen LogP contribution in [0.1, 0.15) is 11.1 Å². The number of fused-ring (bicyclic) bond motifs is 2. The summed E-state index contributed by atoms with van der Waals surface area (Å²) < 4.78 is 28.0. The Bertz CT molecular complexity index is 842. The fourth-order valence-corrected chi connectivity index (χ4v) is 4.04. The SMILES string of the molecule is O=S(=O)(Nc1ccc2c(c1)CCNC2)C1=CC=CN2ONC=C12. The van der Waals surface area contributed by atoms with E-state index in [0.29, 0.717) is 11.4 Å². The van der Waals surface area contributed by atoms with Gasteiger partial charge in [-0.3, -0.25) is 4.72 Å². The average Bonchev–Trinajstić information content (AvgIpc) is 3.02. The zero-order chi connectivity index (χ0) is 15.9. The molecule has 7 nitrogen and oxygen atoms in total. The smallest absolute Gasteiger partial charge is 0.264 e. The lowest BCUT2D eigenvalue weighted by atomic mass is 10.0. The Kier molecular flexibility index (Phi) is 3.37. The maximum absolute atomic E-state index is 12.7. The van der Waals surface area contributed by atoms with E-state index < -0.39 is 10.0 Å². The molecule has 0 unspecified atom stereocenters. The molecule has 0 spiro atoms. The largest absolute Gasteiger partial charge is 0.312 e. The van der Waals surface area contributed by atoms with Crippen LogP contribution < -0.4 is 15.5 Å². The van der Waals surface area contributed by atoms with E-state index in [9.17, 15) is 8.42 Å². The van der Waals surface area contributed by atoms with Gasteiger partial charge in [-0.25, -0.2) is 19.0 Å². The minimum atomic E-state index is -3.70. The monoisotopic (exact) mass is 332 g/mol. The maximum Gasteiger partial charge on any atom is 0.264 e. The van der Waals surface area contributed by atoms with Crippen molar-refractivity contribution in [3.05, 3.63) is 64.5 Å². The van der Waals surface area contributed by atoms with E-state index in [1.165, 1.54) is 22.4 Å². The highest BCUT2D eigenvalue weighted by molar-refractivity contribution is 7.96. The summed E-state index contributed by atoms with van der Waals surface area (Å²) in [6.07, 6.45) is 7.21. The van der Waals surface area contributed by atoms with Crippen LogP contribution in [0.5, 0.6) is 0 Å². The van der Waals surface area contributed by atoms with Crippen molar-refractivity contribution >= 4 is 15.7 Å². The van der Waals surface area contributed by atoms with Crippen molar-refractivity contribution in [1.29, 1.82) is 0 Å². The average molecular weight is 332 g/mol. The number of nitrogens with one attached hydrogen (secondary N) is 3. The van der Waals surface area contributed by atoms with E-state index in [1.54, 1.807) is 24.4 Å². The van der Waals surface area contributed by atoms with Crippen LogP contribution in [0.2, 0.25) is 0 Å². The van der Waals surface area contributed by atoms with Gasteiger partial charge in [0.15, 0.2) is 0 Å². The minimum absolute atomic E-state index is 0.157. The van der Waals surface area contributed by atoms with Crippen LogP contribution >= 0.6 is 0 Å². The second-order valence-electron chi connectivity index (χ2n) is 5.45. The summed E-state index contributed by atoms with van der Waals surface area (Å²) in [5, 5.41) is 4.66. The Morgan fingerprint density at radius 1 is 1.26 bits per heavy atom. The highest BCUT2D eigenvalue weighted by Gasteiger charge is 2.30. The maximum atomic E-state index is 12.7. The normalized spacial score (nSPS) is 19.4. The molecule has 0 saturated heterocycles. The molecule has 3 aliphatic heterocycles. The van der Waals surface area contributed by atoms with Crippen LogP contribution in [-0.4, -0.2) is 20.0 Å². The molecule has 0 fully saturated rings. The molecule has 3 aliphatic rings. The van der Waals surface area contributed by atoms with Crippen molar-refractivity contribution in [2.24, 2.45) is 0 Å². The van der Waals surface area contributed by atoms with Gasteiger partial charge >= 0.3 is 0 Å². The first-order chi connectivity index (χ1) is 11.1. The number of hydrogen-bond donors (Lipinski definition) is 3.